The molecule has 2 aromatic carbocycles. The summed E-state index contributed by atoms with van der Waals surface area (Å²) >= 11 is 0. The van der Waals surface area contributed by atoms with Crippen LogP contribution in [0.15, 0.2) is 42.5 Å². The standard InChI is InChI=1S/C19H20N2O6/c1-13-4-3-5-16(18(13)21(24)25)19(23)27-12-17(22)20-11-10-14-6-8-15(26-2)9-7-14/h3-9H,10-12H2,1-2H3,(H,20,22). The van der Waals surface area contributed by atoms with Crippen LogP contribution in [0.3, 0.4) is 0 Å². The number of hydrogen-bond acceptors (Lipinski definition) is 6. The van der Waals surface area contributed by atoms with Crippen LogP contribution in [0.2, 0.25) is 0 Å². The van der Waals surface area contributed by atoms with E-state index in [1.54, 1.807) is 7.11 Å². The maximum absolute atomic E-state index is 12.1. The zero-order valence-corrected chi connectivity index (χ0v) is 15.1. The number of nitro groups is 1. The summed E-state index contributed by atoms with van der Waals surface area (Å²) in [6.07, 6.45) is 0.604. The van der Waals surface area contributed by atoms with Crippen molar-refractivity contribution >= 4 is 17.6 Å². The monoisotopic (exact) mass is 372 g/mol. The van der Waals surface area contributed by atoms with Gasteiger partial charge in [0.1, 0.15) is 11.3 Å². The normalized spacial score (nSPS) is 10.1. The van der Waals surface area contributed by atoms with Crippen molar-refractivity contribution in [2.75, 3.05) is 20.3 Å². The van der Waals surface area contributed by atoms with Crippen LogP contribution in [0.25, 0.3) is 0 Å². The Morgan fingerprint density at radius 1 is 1.15 bits per heavy atom. The fourth-order valence-corrected chi connectivity index (χ4v) is 2.46. The van der Waals surface area contributed by atoms with Gasteiger partial charge in [-0.15, -0.1) is 0 Å². The Bertz CT molecular complexity index is 833. The number of nitro benzene ring substituents is 1. The van der Waals surface area contributed by atoms with E-state index in [0.29, 0.717) is 18.5 Å². The summed E-state index contributed by atoms with van der Waals surface area (Å²) in [7, 11) is 1.59. The SMILES string of the molecule is COc1ccc(CCNC(=O)COC(=O)c2cccc(C)c2[N+](=O)[O-])cc1. The van der Waals surface area contributed by atoms with Gasteiger partial charge < -0.3 is 14.8 Å². The summed E-state index contributed by atoms with van der Waals surface area (Å²) in [4.78, 5) is 34.4. The van der Waals surface area contributed by atoms with E-state index in [1.807, 2.05) is 24.3 Å². The van der Waals surface area contributed by atoms with Crippen molar-refractivity contribution in [1.82, 2.24) is 5.32 Å². The quantitative estimate of drug-likeness (QED) is 0.433. The second-order valence-corrected chi connectivity index (χ2v) is 5.75. The van der Waals surface area contributed by atoms with Gasteiger partial charge in [0.15, 0.2) is 6.61 Å². The second-order valence-electron chi connectivity index (χ2n) is 5.75. The van der Waals surface area contributed by atoms with Crippen molar-refractivity contribution in [3.63, 3.8) is 0 Å². The maximum atomic E-state index is 12.1. The lowest BCUT2D eigenvalue weighted by molar-refractivity contribution is -0.385. The molecule has 2 rings (SSSR count). The Labute approximate surface area is 156 Å². The molecule has 0 aliphatic heterocycles. The Balaban J connectivity index is 1.82. The van der Waals surface area contributed by atoms with E-state index in [0.717, 1.165) is 11.3 Å². The van der Waals surface area contributed by atoms with Gasteiger partial charge in [-0.2, -0.15) is 0 Å². The first-order valence-corrected chi connectivity index (χ1v) is 8.23. The predicted octanol–water partition coefficient (Wildman–Crippen LogP) is 2.43. The van der Waals surface area contributed by atoms with Gasteiger partial charge in [-0.25, -0.2) is 4.79 Å². The number of para-hydroxylation sites is 1. The molecule has 0 fully saturated rings. The number of methoxy groups -OCH3 is 1. The molecule has 0 aromatic heterocycles. The van der Waals surface area contributed by atoms with E-state index in [1.165, 1.54) is 25.1 Å². The minimum absolute atomic E-state index is 0.175. The molecule has 1 N–H and O–H groups in total. The summed E-state index contributed by atoms with van der Waals surface area (Å²) in [5.41, 5.74) is 0.871. The third-order valence-corrected chi connectivity index (χ3v) is 3.87. The number of carbonyl (C=O) groups is 2. The Morgan fingerprint density at radius 2 is 1.85 bits per heavy atom. The average Bonchev–Trinajstić information content (AvgIpc) is 2.66. The van der Waals surface area contributed by atoms with Crippen molar-refractivity contribution in [1.29, 1.82) is 0 Å². The molecule has 0 spiro atoms. The smallest absolute Gasteiger partial charge is 0.345 e. The molecule has 142 valence electrons. The third-order valence-electron chi connectivity index (χ3n) is 3.87. The molecule has 27 heavy (non-hydrogen) atoms. The topological polar surface area (TPSA) is 108 Å². The van der Waals surface area contributed by atoms with E-state index < -0.39 is 23.4 Å². The molecule has 8 nitrogen and oxygen atoms in total. The first-order valence-electron chi connectivity index (χ1n) is 8.23. The zero-order valence-electron chi connectivity index (χ0n) is 15.1. The van der Waals surface area contributed by atoms with Crippen molar-refractivity contribution in [3.05, 3.63) is 69.3 Å². The molecule has 2 aromatic rings. The predicted molar refractivity (Wildman–Crippen MR) is 97.8 cm³/mol. The van der Waals surface area contributed by atoms with E-state index in [2.05, 4.69) is 5.32 Å². The van der Waals surface area contributed by atoms with Crippen LogP contribution in [0.4, 0.5) is 5.69 Å². The highest BCUT2D eigenvalue weighted by Gasteiger charge is 2.24. The summed E-state index contributed by atoms with van der Waals surface area (Å²) in [5, 5.41) is 13.7. The summed E-state index contributed by atoms with van der Waals surface area (Å²) in [5.74, 6) is -0.636. The van der Waals surface area contributed by atoms with Crippen LogP contribution >= 0.6 is 0 Å². The molecule has 0 saturated heterocycles. The third kappa shape index (κ3) is 5.53. The number of rotatable bonds is 8. The Kier molecular flexibility index (Phi) is 6.87. The minimum Gasteiger partial charge on any atom is -0.497 e. The van der Waals surface area contributed by atoms with Crippen LogP contribution < -0.4 is 10.1 Å². The lowest BCUT2D eigenvalue weighted by atomic mass is 10.1. The Morgan fingerprint density at radius 3 is 2.48 bits per heavy atom. The number of nitrogens with zero attached hydrogens (tertiary/aromatic N) is 1. The van der Waals surface area contributed by atoms with Gasteiger partial charge in [-0.1, -0.05) is 24.3 Å². The molecule has 0 heterocycles. The number of ether oxygens (including phenoxy) is 2. The molecule has 8 heteroatoms. The highest BCUT2D eigenvalue weighted by Crippen LogP contribution is 2.23. The van der Waals surface area contributed by atoms with Gasteiger partial charge in [0.2, 0.25) is 0 Å². The molecule has 0 unspecified atom stereocenters. The molecular formula is C19H20N2O6. The van der Waals surface area contributed by atoms with Gasteiger partial charge in [0, 0.05) is 12.1 Å². The van der Waals surface area contributed by atoms with Gasteiger partial charge in [0.25, 0.3) is 11.6 Å². The number of aryl methyl sites for hydroxylation is 1. The van der Waals surface area contributed by atoms with Crippen molar-refractivity contribution < 1.29 is 24.0 Å². The van der Waals surface area contributed by atoms with Crippen molar-refractivity contribution in [2.24, 2.45) is 0 Å². The van der Waals surface area contributed by atoms with Crippen LogP contribution in [0.5, 0.6) is 5.75 Å². The highest BCUT2D eigenvalue weighted by atomic mass is 16.6. The number of esters is 1. The average molecular weight is 372 g/mol. The lowest BCUT2D eigenvalue weighted by Crippen LogP contribution is -2.30. The number of hydrogen-bond donors (Lipinski definition) is 1. The van der Waals surface area contributed by atoms with Crippen molar-refractivity contribution in [3.8, 4) is 5.75 Å². The molecule has 1 amide bonds. The number of amides is 1. The fraction of sp³-hybridized carbons (Fsp3) is 0.263. The summed E-state index contributed by atoms with van der Waals surface area (Å²) in [6, 6.07) is 11.8. The van der Waals surface area contributed by atoms with E-state index >= 15 is 0 Å². The first kappa shape index (κ1) is 19.9. The number of carbonyl (C=O) groups excluding carboxylic acids is 2. The molecular weight excluding hydrogens is 352 g/mol. The van der Waals surface area contributed by atoms with Gasteiger partial charge in [-0.05, 0) is 37.1 Å². The minimum atomic E-state index is -0.907. The molecule has 0 radical (unpaired) electrons. The first-order chi connectivity index (χ1) is 12.9. The highest BCUT2D eigenvalue weighted by molar-refractivity contribution is 5.95. The fourth-order valence-electron chi connectivity index (χ4n) is 2.46. The van der Waals surface area contributed by atoms with Gasteiger partial charge in [-0.3, -0.25) is 14.9 Å². The van der Waals surface area contributed by atoms with Gasteiger partial charge >= 0.3 is 5.97 Å². The van der Waals surface area contributed by atoms with E-state index in [-0.39, 0.29) is 11.3 Å². The van der Waals surface area contributed by atoms with Gasteiger partial charge in [0.05, 0.1) is 12.0 Å². The van der Waals surface area contributed by atoms with Crippen LogP contribution in [0, 0.1) is 17.0 Å². The second kappa shape index (κ2) is 9.33. The lowest BCUT2D eigenvalue weighted by Gasteiger charge is -2.08. The summed E-state index contributed by atoms with van der Waals surface area (Å²) < 4.78 is 9.97. The molecule has 0 aliphatic rings. The molecule has 0 aliphatic carbocycles. The number of nitrogens with one attached hydrogen (secondary N) is 1. The number of benzene rings is 2. The van der Waals surface area contributed by atoms with E-state index in [4.69, 9.17) is 9.47 Å². The van der Waals surface area contributed by atoms with Crippen molar-refractivity contribution in [2.45, 2.75) is 13.3 Å². The van der Waals surface area contributed by atoms with Crippen LogP contribution in [0.1, 0.15) is 21.5 Å². The molecule has 0 saturated carbocycles. The molecule has 0 atom stereocenters. The zero-order chi connectivity index (χ0) is 19.8. The maximum Gasteiger partial charge on any atom is 0.345 e. The van der Waals surface area contributed by atoms with Crippen LogP contribution in [-0.4, -0.2) is 37.1 Å². The Hall–Kier alpha value is -3.42. The largest absolute Gasteiger partial charge is 0.497 e. The molecule has 0 bridgehead atoms. The van der Waals surface area contributed by atoms with Crippen LogP contribution in [-0.2, 0) is 16.0 Å². The van der Waals surface area contributed by atoms with E-state index in [9.17, 15) is 19.7 Å². The summed E-state index contributed by atoms with van der Waals surface area (Å²) in [6.45, 7) is 1.39.